The lowest BCUT2D eigenvalue weighted by molar-refractivity contribution is -0.143. The quantitative estimate of drug-likeness (QED) is 0.667. The number of ether oxygens (including phenoxy) is 2. The van der Waals surface area contributed by atoms with Gasteiger partial charge in [-0.2, -0.15) is 0 Å². The molecule has 8 nitrogen and oxygen atoms in total. The summed E-state index contributed by atoms with van der Waals surface area (Å²) in [6, 6.07) is 12.5. The van der Waals surface area contributed by atoms with E-state index in [0.29, 0.717) is 43.4 Å². The first kappa shape index (κ1) is 21.5. The fraction of sp³-hybridized carbons (Fsp3) is 0.400. The van der Waals surface area contributed by atoms with Crippen molar-refractivity contribution in [2.24, 2.45) is 0 Å². The highest BCUT2D eigenvalue weighted by Crippen LogP contribution is 2.32. The minimum atomic E-state index is -0.679. The van der Waals surface area contributed by atoms with E-state index in [9.17, 15) is 14.4 Å². The molecule has 3 aliphatic heterocycles. The summed E-state index contributed by atoms with van der Waals surface area (Å²) in [6.07, 6.45) is -0.516. The lowest BCUT2D eigenvalue weighted by atomic mass is 10.1. The molecule has 2 saturated heterocycles. The molecule has 2 fully saturated rings. The summed E-state index contributed by atoms with van der Waals surface area (Å²) in [7, 11) is 0. The summed E-state index contributed by atoms with van der Waals surface area (Å²) in [4.78, 5) is 43.9. The Labute approximate surface area is 192 Å². The highest BCUT2D eigenvalue weighted by atomic mass is 16.6. The van der Waals surface area contributed by atoms with E-state index >= 15 is 0 Å². The Kier molecular flexibility index (Phi) is 5.54. The van der Waals surface area contributed by atoms with Crippen molar-refractivity contribution in [3.63, 3.8) is 0 Å². The number of anilines is 1. The van der Waals surface area contributed by atoms with Crippen LogP contribution in [-0.2, 0) is 14.4 Å². The van der Waals surface area contributed by atoms with Gasteiger partial charge in [-0.25, -0.2) is 4.90 Å². The predicted molar refractivity (Wildman–Crippen MR) is 121 cm³/mol. The van der Waals surface area contributed by atoms with E-state index in [4.69, 9.17) is 9.47 Å². The van der Waals surface area contributed by atoms with Crippen molar-refractivity contribution in [1.29, 1.82) is 0 Å². The van der Waals surface area contributed by atoms with Gasteiger partial charge in [-0.3, -0.25) is 19.3 Å². The number of hydrogen-bond acceptors (Lipinski definition) is 6. The van der Waals surface area contributed by atoms with Crippen molar-refractivity contribution < 1.29 is 23.9 Å². The van der Waals surface area contributed by atoms with Gasteiger partial charge in [0.25, 0.3) is 11.8 Å². The summed E-state index contributed by atoms with van der Waals surface area (Å²) < 4.78 is 11.5. The van der Waals surface area contributed by atoms with E-state index in [0.717, 1.165) is 11.1 Å². The number of rotatable bonds is 3. The number of carbonyl (C=O) groups excluding carboxylic acids is 3. The zero-order valence-electron chi connectivity index (χ0n) is 18.8. The molecular weight excluding hydrogens is 422 g/mol. The molecule has 8 heteroatoms. The van der Waals surface area contributed by atoms with Crippen molar-refractivity contribution >= 4 is 23.4 Å². The second-order valence-corrected chi connectivity index (χ2v) is 8.78. The molecule has 5 rings (SSSR count). The first-order chi connectivity index (χ1) is 15.9. The Morgan fingerprint density at radius 3 is 2.39 bits per heavy atom. The first-order valence-electron chi connectivity index (χ1n) is 11.3. The largest absolute Gasteiger partial charge is 0.485 e. The SMILES string of the molecule is Cc1ccc(N2C(=O)CC(N3CCN(C(=O)C4COc5ccccc5O4)CC3)C2=O)cc1C. The molecule has 2 aromatic rings. The van der Waals surface area contributed by atoms with Crippen molar-refractivity contribution in [3.8, 4) is 11.5 Å². The smallest absolute Gasteiger partial charge is 0.267 e. The van der Waals surface area contributed by atoms with E-state index in [1.807, 2.05) is 55.1 Å². The molecule has 0 spiro atoms. The average molecular weight is 450 g/mol. The normalized spacial score (nSPS) is 23.2. The van der Waals surface area contributed by atoms with Crippen molar-refractivity contribution in [3.05, 3.63) is 53.6 Å². The van der Waals surface area contributed by atoms with Crippen LogP contribution in [-0.4, -0.2) is 72.5 Å². The lowest BCUT2D eigenvalue weighted by Crippen LogP contribution is -2.57. The van der Waals surface area contributed by atoms with E-state index in [-0.39, 0.29) is 30.7 Å². The molecule has 0 aliphatic carbocycles. The number of aryl methyl sites for hydroxylation is 2. The van der Waals surface area contributed by atoms with Gasteiger partial charge in [0.15, 0.2) is 11.5 Å². The van der Waals surface area contributed by atoms with E-state index < -0.39 is 12.1 Å². The number of amides is 3. The van der Waals surface area contributed by atoms with Crippen LogP contribution in [0.15, 0.2) is 42.5 Å². The van der Waals surface area contributed by atoms with Crippen LogP contribution in [0.1, 0.15) is 17.5 Å². The predicted octanol–water partition coefficient (Wildman–Crippen LogP) is 1.92. The third-order valence-electron chi connectivity index (χ3n) is 6.72. The van der Waals surface area contributed by atoms with Crippen molar-refractivity contribution in [2.45, 2.75) is 32.4 Å². The fourth-order valence-electron chi connectivity index (χ4n) is 4.64. The van der Waals surface area contributed by atoms with Gasteiger partial charge in [0, 0.05) is 26.2 Å². The van der Waals surface area contributed by atoms with Gasteiger partial charge in [-0.1, -0.05) is 18.2 Å². The van der Waals surface area contributed by atoms with Crippen LogP contribution in [0, 0.1) is 13.8 Å². The molecule has 33 heavy (non-hydrogen) atoms. The van der Waals surface area contributed by atoms with Crippen LogP contribution in [0.2, 0.25) is 0 Å². The molecule has 0 aromatic heterocycles. The Morgan fingerprint density at radius 1 is 0.939 bits per heavy atom. The Balaban J connectivity index is 1.21. The van der Waals surface area contributed by atoms with Gasteiger partial charge in [0.1, 0.15) is 6.61 Å². The van der Waals surface area contributed by atoms with Gasteiger partial charge in [-0.15, -0.1) is 0 Å². The van der Waals surface area contributed by atoms with Crippen LogP contribution >= 0.6 is 0 Å². The third-order valence-corrected chi connectivity index (χ3v) is 6.72. The molecular formula is C25H27N3O5. The molecule has 172 valence electrons. The minimum Gasteiger partial charge on any atom is -0.485 e. The molecule has 2 atom stereocenters. The molecule has 2 aromatic carbocycles. The average Bonchev–Trinajstić information content (AvgIpc) is 3.14. The van der Waals surface area contributed by atoms with Crippen LogP contribution < -0.4 is 14.4 Å². The molecule has 3 amide bonds. The first-order valence-corrected chi connectivity index (χ1v) is 11.3. The summed E-state index contributed by atoms with van der Waals surface area (Å²) in [5, 5.41) is 0. The Bertz CT molecular complexity index is 1110. The van der Waals surface area contributed by atoms with E-state index in [1.165, 1.54) is 4.90 Å². The maximum absolute atomic E-state index is 13.1. The van der Waals surface area contributed by atoms with Crippen molar-refractivity contribution in [1.82, 2.24) is 9.80 Å². The van der Waals surface area contributed by atoms with Crippen LogP contribution in [0.3, 0.4) is 0 Å². The zero-order chi connectivity index (χ0) is 23.1. The molecule has 0 saturated carbocycles. The highest BCUT2D eigenvalue weighted by molar-refractivity contribution is 6.22. The Morgan fingerprint density at radius 2 is 1.67 bits per heavy atom. The van der Waals surface area contributed by atoms with Gasteiger partial charge in [0.2, 0.25) is 12.0 Å². The molecule has 3 heterocycles. The second kappa shape index (κ2) is 8.51. The minimum absolute atomic E-state index is 0.116. The fourth-order valence-corrected chi connectivity index (χ4v) is 4.64. The molecule has 0 radical (unpaired) electrons. The number of fused-ring (bicyclic) bond motifs is 1. The van der Waals surface area contributed by atoms with Crippen LogP contribution in [0.4, 0.5) is 5.69 Å². The van der Waals surface area contributed by atoms with Crippen LogP contribution in [0.5, 0.6) is 11.5 Å². The zero-order valence-corrected chi connectivity index (χ0v) is 18.8. The summed E-state index contributed by atoms with van der Waals surface area (Å²) >= 11 is 0. The monoisotopic (exact) mass is 449 g/mol. The van der Waals surface area contributed by atoms with Gasteiger partial charge in [0.05, 0.1) is 18.2 Å². The molecule has 2 unspecified atom stereocenters. The van der Waals surface area contributed by atoms with Gasteiger partial charge in [-0.05, 0) is 49.2 Å². The number of hydrogen-bond donors (Lipinski definition) is 0. The summed E-state index contributed by atoms with van der Waals surface area (Å²) in [6.45, 7) is 6.15. The number of para-hydroxylation sites is 2. The van der Waals surface area contributed by atoms with Gasteiger partial charge < -0.3 is 14.4 Å². The van der Waals surface area contributed by atoms with E-state index in [1.54, 1.807) is 11.0 Å². The molecule has 3 aliphatic rings. The Hall–Kier alpha value is -3.39. The second-order valence-electron chi connectivity index (χ2n) is 8.78. The maximum Gasteiger partial charge on any atom is 0.267 e. The number of nitrogens with zero attached hydrogens (tertiary/aromatic N) is 3. The van der Waals surface area contributed by atoms with Crippen molar-refractivity contribution in [2.75, 3.05) is 37.7 Å². The summed E-state index contributed by atoms with van der Waals surface area (Å²) in [5.41, 5.74) is 2.78. The summed E-state index contributed by atoms with van der Waals surface area (Å²) in [5.74, 6) is 0.725. The number of imide groups is 1. The maximum atomic E-state index is 13.1. The molecule has 0 N–H and O–H groups in total. The standard InChI is InChI=1S/C25H27N3O5/c1-16-7-8-18(13-17(16)2)28-23(29)14-19(24(28)30)26-9-11-27(12-10-26)25(31)22-15-32-20-5-3-4-6-21(20)33-22/h3-8,13,19,22H,9-12,14-15H2,1-2H3. The number of benzene rings is 2. The van der Waals surface area contributed by atoms with Gasteiger partial charge >= 0.3 is 0 Å². The number of carbonyl (C=O) groups is 3. The third kappa shape index (κ3) is 3.95. The highest BCUT2D eigenvalue weighted by Gasteiger charge is 2.44. The lowest BCUT2D eigenvalue weighted by Gasteiger charge is -2.38. The van der Waals surface area contributed by atoms with E-state index in [2.05, 4.69) is 0 Å². The number of piperazine rings is 1. The molecule has 0 bridgehead atoms. The topological polar surface area (TPSA) is 79.4 Å². The van der Waals surface area contributed by atoms with Crippen LogP contribution in [0.25, 0.3) is 0 Å².